The Kier molecular flexibility index (Phi) is 2.65. The van der Waals surface area contributed by atoms with Crippen LogP contribution in [0.2, 0.25) is 0 Å². The third-order valence-corrected chi connectivity index (χ3v) is 4.20. The molecule has 0 saturated heterocycles. The van der Waals surface area contributed by atoms with E-state index in [2.05, 4.69) is 41.5 Å². The summed E-state index contributed by atoms with van der Waals surface area (Å²) in [6.45, 7) is 3.39. The molecule has 0 spiro atoms. The van der Waals surface area contributed by atoms with Crippen molar-refractivity contribution in [2.45, 2.75) is 38.6 Å². The third kappa shape index (κ3) is 2.21. The molecule has 0 aromatic heterocycles. The molecule has 1 aromatic carbocycles. The zero-order valence-corrected chi connectivity index (χ0v) is 10.4. The van der Waals surface area contributed by atoms with Crippen molar-refractivity contribution in [2.75, 3.05) is 6.54 Å². The number of nitrogens with one attached hydrogen (secondary N) is 1. The highest BCUT2D eigenvalue weighted by Gasteiger charge is 2.32. The van der Waals surface area contributed by atoms with E-state index in [1.54, 1.807) is 11.1 Å². The first-order valence-electron chi connectivity index (χ1n) is 6.56. The van der Waals surface area contributed by atoms with Gasteiger partial charge in [0.1, 0.15) is 0 Å². The molecule has 0 saturated carbocycles. The van der Waals surface area contributed by atoms with Crippen LogP contribution in [0.4, 0.5) is 0 Å². The Labute approximate surface area is 103 Å². The van der Waals surface area contributed by atoms with E-state index in [1.807, 2.05) is 6.34 Å². The van der Waals surface area contributed by atoms with E-state index in [9.17, 15) is 0 Å². The second-order valence-corrected chi connectivity index (χ2v) is 5.82. The van der Waals surface area contributed by atoms with Crippen LogP contribution in [0.5, 0.6) is 0 Å². The van der Waals surface area contributed by atoms with Gasteiger partial charge in [-0.05, 0) is 42.2 Å². The van der Waals surface area contributed by atoms with Crippen LogP contribution in [0.3, 0.4) is 0 Å². The molecule has 0 fully saturated rings. The first-order valence-corrected chi connectivity index (χ1v) is 6.56. The van der Waals surface area contributed by atoms with Gasteiger partial charge < -0.3 is 5.32 Å². The normalized spacial score (nSPS) is 31.0. The molecule has 0 bridgehead atoms. The van der Waals surface area contributed by atoms with Gasteiger partial charge in [0.25, 0.3) is 0 Å². The number of hydrogen-bond donors (Lipinski definition) is 1. The minimum absolute atomic E-state index is 0.444. The van der Waals surface area contributed by atoms with Gasteiger partial charge in [0, 0.05) is 6.04 Å². The minimum atomic E-state index is 0.444. The summed E-state index contributed by atoms with van der Waals surface area (Å²) in [6.07, 6.45) is 6.87. The third-order valence-electron chi connectivity index (χ3n) is 4.20. The average molecular weight is 228 g/mol. The van der Waals surface area contributed by atoms with Gasteiger partial charge in [-0.2, -0.15) is 0 Å². The maximum atomic E-state index is 4.27. The molecule has 17 heavy (non-hydrogen) atoms. The Hall–Kier alpha value is -1.31. The molecule has 0 unspecified atom stereocenters. The molecule has 2 nitrogen and oxygen atoms in total. The van der Waals surface area contributed by atoms with E-state index >= 15 is 0 Å². The summed E-state index contributed by atoms with van der Waals surface area (Å²) in [5, 5.41) is 3.36. The molecule has 1 aliphatic carbocycles. The van der Waals surface area contributed by atoms with Crippen LogP contribution in [0.1, 0.15) is 30.9 Å². The predicted molar refractivity (Wildman–Crippen MR) is 71.5 cm³/mol. The summed E-state index contributed by atoms with van der Waals surface area (Å²) < 4.78 is 0. The van der Waals surface area contributed by atoms with Crippen molar-refractivity contribution < 1.29 is 0 Å². The van der Waals surface area contributed by atoms with Gasteiger partial charge in [-0.3, -0.25) is 4.99 Å². The molecular formula is C15H20N2. The summed E-state index contributed by atoms with van der Waals surface area (Å²) in [5.74, 6) is 0. The first kappa shape index (κ1) is 10.8. The van der Waals surface area contributed by atoms with Crippen LogP contribution in [-0.4, -0.2) is 18.9 Å². The Morgan fingerprint density at radius 3 is 2.94 bits per heavy atom. The SMILES string of the molecule is C[C@@]1(C[C@@H]2CN=CN2)CCc2ccccc2C1. The molecule has 1 N–H and O–H groups in total. The fourth-order valence-electron chi connectivity index (χ4n) is 3.24. The van der Waals surface area contributed by atoms with E-state index in [4.69, 9.17) is 0 Å². The van der Waals surface area contributed by atoms with Crippen LogP contribution >= 0.6 is 0 Å². The van der Waals surface area contributed by atoms with E-state index in [0.717, 1.165) is 6.54 Å². The van der Waals surface area contributed by atoms with Gasteiger partial charge in [0.05, 0.1) is 12.9 Å². The molecule has 0 radical (unpaired) electrons. The highest BCUT2D eigenvalue weighted by Crippen LogP contribution is 2.38. The van der Waals surface area contributed by atoms with Crippen molar-refractivity contribution >= 4 is 6.34 Å². The number of rotatable bonds is 2. The number of aryl methyl sites for hydroxylation is 1. The topological polar surface area (TPSA) is 24.4 Å². The monoisotopic (exact) mass is 228 g/mol. The predicted octanol–water partition coefficient (Wildman–Crippen LogP) is 2.57. The smallest absolute Gasteiger partial charge is 0.0827 e. The van der Waals surface area contributed by atoms with Gasteiger partial charge >= 0.3 is 0 Å². The number of nitrogens with zero attached hydrogens (tertiary/aromatic N) is 1. The molecule has 1 aromatic rings. The van der Waals surface area contributed by atoms with Crippen molar-refractivity contribution in [3.05, 3.63) is 35.4 Å². The molecule has 2 heteroatoms. The second-order valence-electron chi connectivity index (χ2n) is 5.82. The second kappa shape index (κ2) is 4.17. The Morgan fingerprint density at radius 2 is 2.18 bits per heavy atom. The lowest BCUT2D eigenvalue weighted by molar-refractivity contribution is 0.234. The summed E-state index contributed by atoms with van der Waals surface area (Å²) in [6, 6.07) is 9.47. The summed E-state index contributed by atoms with van der Waals surface area (Å²) in [7, 11) is 0. The van der Waals surface area contributed by atoms with E-state index in [0.29, 0.717) is 11.5 Å². The lowest BCUT2D eigenvalue weighted by atomic mass is 9.69. The van der Waals surface area contributed by atoms with Gasteiger partial charge in [-0.15, -0.1) is 0 Å². The summed E-state index contributed by atoms with van der Waals surface area (Å²) in [4.78, 5) is 4.27. The molecule has 1 aliphatic heterocycles. The summed E-state index contributed by atoms with van der Waals surface area (Å²) >= 11 is 0. The van der Waals surface area contributed by atoms with E-state index in [-0.39, 0.29) is 0 Å². The van der Waals surface area contributed by atoms with Crippen molar-refractivity contribution in [3.63, 3.8) is 0 Å². The average Bonchev–Trinajstić information content (AvgIpc) is 2.81. The largest absolute Gasteiger partial charge is 0.372 e. The Balaban J connectivity index is 1.73. The maximum absolute atomic E-state index is 4.27. The zero-order chi connectivity index (χ0) is 11.7. The van der Waals surface area contributed by atoms with Crippen LogP contribution in [0, 0.1) is 5.41 Å². The lowest BCUT2D eigenvalue weighted by Gasteiger charge is -2.36. The number of aliphatic imine (C=N–C) groups is 1. The number of fused-ring (bicyclic) bond motifs is 1. The number of hydrogen-bond acceptors (Lipinski definition) is 2. The molecular weight excluding hydrogens is 208 g/mol. The fraction of sp³-hybridized carbons (Fsp3) is 0.533. The molecule has 0 amide bonds. The molecule has 2 aliphatic rings. The Bertz CT molecular complexity index is 430. The lowest BCUT2D eigenvalue weighted by Crippen LogP contribution is -2.35. The quantitative estimate of drug-likeness (QED) is 0.826. The van der Waals surface area contributed by atoms with E-state index < -0.39 is 0 Å². The van der Waals surface area contributed by atoms with Gasteiger partial charge in [-0.25, -0.2) is 0 Å². The van der Waals surface area contributed by atoms with Crippen LogP contribution in [-0.2, 0) is 12.8 Å². The maximum Gasteiger partial charge on any atom is 0.0827 e. The fourth-order valence-corrected chi connectivity index (χ4v) is 3.24. The van der Waals surface area contributed by atoms with Gasteiger partial charge in [-0.1, -0.05) is 31.2 Å². The van der Waals surface area contributed by atoms with Crippen molar-refractivity contribution in [1.29, 1.82) is 0 Å². The van der Waals surface area contributed by atoms with Crippen molar-refractivity contribution in [1.82, 2.24) is 5.32 Å². The highest BCUT2D eigenvalue weighted by atomic mass is 15.1. The van der Waals surface area contributed by atoms with Crippen LogP contribution < -0.4 is 5.32 Å². The van der Waals surface area contributed by atoms with Crippen LogP contribution in [0.15, 0.2) is 29.3 Å². The molecule has 1 heterocycles. The van der Waals surface area contributed by atoms with Crippen molar-refractivity contribution in [2.24, 2.45) is 10.4 Å². The minimum Gasteiger partial charge on any atom is -0.372 e. The molecule has 3 rings (SSSR count). The van der Waals surface area contributed by atoms with Crippen molar-refractivity contribution in [3.8, 4) is 0 Å². The zero-order valence-electron chi connectivity index (χ0n) is 10.4. The summed E-state index contributed by atoms with van der Waals surface area (Å²) in [5.41, 5.74) is 3.56. The highest BCUT2D eigenvalue weighted by molar-refractivity contribution is 5.57. The van der Waals surface area contributed by atoms with Gasteiger partial charge in [0.2, 0.25) is 0 Å². The molecule has 2 atom stereocenters. The number of benzene rings is 1. The van der Waals surface area contributed by atoms with E-state index in [1.165, 1.54) is 25.7 Å². The van der Waals surface area contributed by atoms with Crippen LogP contribution in [0.25, 0.3) is 0 Å². The molecule has 90 valence electrons. The van der Waals surface area contributed by atoms with Gasteiger partial charge in [0.15, 0.2) is 0 Å². The standard InChI is InChI=1S/C15H20N2/c1-15(9-14-10-16-11-17-14)7-6-12-4-2-3-5-13(12)8-15/h2-5,11,14H,6-10H2,1H3,(H,16,17)/t14-,15-/m1/s1. The Morgan fingerprint density at radius 1 is 1.35 bits per heavy atom. The first-order chi connectivity index (χ1) is 8.25.